The van der Waals surface area contributed by atoms with Crippen LogP contribution in [0.4, 0.5) is 0 Å². The molecule has 0 aliphatic heterocycles. The lowest BCUT2D eigenvalue weighted by Gasteiger charge is -2.39. The maximum Gasteiger partial charge on any atom is 0.145 e. The average Bonchev–Trinajstić information content (AvgIpc) is 2.52. The maximum absolute atomic E-state index is 12.2. The zero-order valence-electron chi connectivity index (χ0n) is 10.6. The fourth-order valence-electron chi connectivity index (χ4n) is 3.84. The number of rotatable bonds is 2. The SMILES string of the molecule is CC1C2CC(C(C[NH+](C)C)C2=O)C1(C)C. The molecule has 0 aromatic carbocycles. The topological polar surface area (TPSA) is 21.5 Å². The first kappa shape index (κ1) is 11.1. The molecule has 0 aromatic heterocycles. The van der Waals surface area contributed by atoms with Gasteiger partial charge in [0.1, 0.15) is 5.78 Å². The Labute approximate surface area is 93.0 Å². The minimum Gasteiger partial charge on any atom is -0.339 e. The Balaban J connectivity index is 2.21. The van der Waals surface area contributed by atoms with Crippen molar-refractivity contribution in [1.29, 1.82) is 0 Å². The van der Waals surface area contributed by atoms with Gasteiger partial charge in [0, 0.05) is 5.92 Å². The monoisotopic (exact) mass is 210 g/mol. The molecule has 2 nitrogen and oxygen atoms in total. The second-order valence-electron chi connectivity index (χ2n) is 6.48. The van der Waals surface area contributed by atoms with Crippen molar-refractivity contribution in [2.45, 2.75) is 27.2 Å². The molecule has 0 amide bonds. The molecule has 0 heterocycles. The zero-order chi connectivity index (χ0) is 11.4. The molecule has 2 bridgehead atoms. The van der Waals surface area contributed by atoms with Gasteiger partial charge in [-0.15, -0.1) is 0 Å². The van der Waals surface area contributed by atoms with E-state index in [1.165, 1.54) is 4.90 Å². The van der Waals surface area contributed by atoms with E-state index in [2.05, 4.69) is 34.9 Å². The maximum atomic E-state index is 12.2. The van der Waals surface area contributed by atoms with Crippen molar-refractivity contribution in [2.24, 2.45) is 29.1 Å². The molecule has 4 atom stereocenters. The number of hydrogen-bond acceptors (Lipinski definition) is 1. The van der Waals surface area contributed by atoms with E-state index in [9.17, 15) is 4.79 Å². The molecule has 2 fully saturated rings. The number of carbonyl (C=O) groups excluding carboxylic acids is 1. The lowest BCUT2D eigenvalue weighted by atomic mass is 9.65. The van der Waals surface area contributed by atoms with Crippen molar-refractivity contribution in [1.82, 2.24) is 0 Å². The molecule has 2 rings (SSSR count). The fraction of sp³-hybridized carbons (Fsp3) is 0.923. The number of carbonyl (C=O) groups is 1. The summed E-state index contributed by atoms with van der Waals surface area (Å²) in [7, 11) is 4.30. The summed E-state index contributed by atoms with van der Waals surface area (Å²) in [6.45, 7) is 8.00. The van der Waals surface area contributed by atoms with Crippen molar-refractivity contribution in [3.8, 4) is 0 Å². The molecule has 0 aromatic rings. The van der Waals surface area contributed by atoms with Gasteiger partial charge >= 0.3 is 0 Å². The second kappa shape index (κ2) is 3.31. The van der Waals surface area contributed by atoms with E-state index >= 15 is 0 Å². The third-order valence-electron chi connectivity index (χ3n) is 5.09. The molecule has 2 heteroatoms. The van der Waals surface area contributed by atoms with Crippen LogP contribution in [0, 0.1) is 29.1 Å². The molecule has 0 spiro atoms. The van der Waals surface area contributed by atoms with Gasteiger partial charge in [0.05, 0.1) is 26.6 Å². The van der Waals surface area contributed by atoms with E-state index in [-0.39, 0.29) is 0 Å². The van der Waals surface area contributed by atoms with Crippen LogP contribution in [0.2, 0.25) is 0 Å². The first-order chi connectivity index (χ1) is 6.85. The molecule has 86 valence electrons. The van der Waals surface area contributed by atoms with Crippen molar-refractivity contribution < 1.29 is 9.69 Å². The van der Waals surface area contributed by atoms with Crippen LogP contribution < -0.4 is 4.90 Å². The molecule has 2 saturated carbocycles. The van der Waals surface area contributed by atoms with Gasteiger partial charge in [0.15, 0.2) is 0 Å². The van der Waals surface area contributed by atoms with Gasteiger partial charge in [-0.05, 0) is 23.7 Å². The Kier molecular flexibility index (Phi) is 2.45. The number of Topliss-reactive ketones (excluding diaryl/α,β-unsaturated/α-hetero) is 1. The van der Waals surface area contributed by atoms with Crippen molar-refractivity contribution in [2.75, 3.05) is 20.6 Å². The van der Waals surface area contributed by atoms with Crippen LogP contribution in [-0.2, 0) is 4.79 Å². The highest BCUT2D eigenvalue weighted by Crippen LogP contribution is 2.59. The molecule has 0 saturated heterocycles. The normalized spacial score (nSPS) is 42.9. The summed E-state index contributed by atoms with van der Waals surface area (Å²) in [5.74, 6) is 2.50. The lowest BCUT2D eigenvalue weighted by molar-refractivity contribution is -0.861. The first-order valence-electron chi connectivity index (χ1n) is 6.18. The predicted octanol–water partition coefficient (Wildman–Crippen LogP) is 0.628. The van der Waals surface area contributed by atoms with Gasteiger partial charge in [0.25, 0.3) is 0 Å². The summed E-state index contributed by atoms with van der Waals surface area (Å²) >= 11 is 0. The molecule has 2 aliphatic carbocycles. The molecule has 1 N–H and O–H groups in total. The van der Waals surface area contributed by atoms with Gasteiger partial charge in [-0.1, -0.05) is 20.8 Å². The Bertz CT molecular complexity index is 282. The van der Waals surface area contributed by atoms with Crippen LogP contribution in [0.1, 0.15) is 27.2 Å². The summed E-state index contributed by atoms with van der Waals surface area (Å²) in [6.07, 6.45) is 1.16. The van der Waals surface area contributed by atoms with E-state index in [0.717, 1.165) is 13.0 Å². The number of hydrogen-bond donors (Lipinski definition) is 1. The van der Waals surface area contributed by atoms with Crippen LogP contribution in [-0.4, -0.2) is 26.4 Å². The van der Waals surface area contributed by atoms with E-state index in [4.69, 9.17) is 0 Å². The van der Waals surface area contributed by atoms with Crippen LogP contribution >= 0.6 is 0 Å². The highest BCUT2D eigenvalue weighted by Gasteiger charge is 2.60. The highest BCUT2D eigenvalue weighted by atomic mass is 16.1. The van der Waals surface area contributed by atoms with Crippen LogP contribution in [0.25, 0.3) is 0 Å². The van der Waals surface area contributed by atoms with Gasteiger partial charge in [-0.3, -0.25) is 4.79 Å². The summed E-state index contributed by atoms with van der Waals surface area (Å²) in [6, 6.07) is 0. The smallest absolute Gasteiger partial charge is 0.145 e. The Morgan fingerprint density at radius 2 is 2.00 bits per heavy atom. The number of nitrogens with one attached hydrogen (secondary N) is 1. The fourth-order valence-corrected chi connectivity index (χ4v) is 3.84. The van der Waals surface area contributed by atoms with Crippen LogP contribution in [0.5, 0.6) is 0 Å². The quantitative estimate of drug-likeness (QED) is 0.709. The molecular weight excluding hydrogens is 186 g/mol. The standard InChI is InChI=1S/C13H23NO/c1-8-9-6-11(13(8,2)3)10(12(9)15)7-14(4)5/h8-11H,6-7H2,1-5H3/p+1. The minimum absolute atomic E-state index is 0.339. The van der Waals surface area contributed by atoms with E-state index in [0.29, 0.717) is 34.9 Å². The largest absolute Gasteiger partial charge is 0.339 e. The summed E-state index contributed by atoms with van der Waals surface area (Å²) in [4.78, 5) is 13.6. The zero-order valence-corrected chi connectivity index (χ0v) is 10.6. The lowest BCUT2D eigenvalue weighted by Crippen LogP contribution is -3.06. The summed E-state index contributed by atoms with van der Waals surface area (Å²) in [5.41, 5.74) is 0.374. The Morgan fingerprint density at radius 3 is 2.47 bits per heavy atom. The predicted molar refractivity (Wildman–Crippen MR) is 60.7 cm³/mol. The number of ketones is 1. The van der Waals surface area contributed by atoms with Gasteiger partial charge < -0.3 is 4.90 Å². The van der Waals surface area contributed by atoms with Gasteiger partial charge in [0.2, 0.25) is 0 Å². The molecule has 4 unspecified atom stereocenters. The third-order valence-corrected chi connectivity index (χ3v) is 5.09. The van der Waals surface area contributed by atoms with E-state index < -0.39 is 0 Å². The third kappa shape index (κ3) is 1.45. The molecular formula is C13H24NO+. The molecule has 2 aliphatic rings. The van der Waals surface area contributed by atoms with Crippen molar-refractivity contribution >= 4 is 5.78 Å². The minimum atomic E-state index is 0.339. The number of quaternary nitrogens is 1. The summed E-state index contributed by atoms with van der Waals surface area (Å²) in [5, 5.41) is 0. The highest BCUT2D eigenvalue weighted by molar-refractivity contribution is 5.87. The van der Waals surface area contributed by atoms with E-state index in [1.807, 2.05) is 0 Å². The molecule has 0 radical (unpaired) electrons. The van der Waals surface area contributed by atoms with E-state index in [1.54, 1.807) is 0 Å². The molecule has 15 heavy (non-hydrogen) atoms. The van der Waals surface area contributed by atoms with Crippen LogP contribution in [0.3, 0.4) is 0 Å². The Hall–Kier alpha value is -0.370. The van der Waals surface area contributed by atoms with Gasteiger partial charge in [-0.25, -0.2) is 0 Å². The van der Waals surface area contributed by atoms with Crippen molar-refractivity contribution in [3.63, 3.8) is 0 Å². The first-order valence-corrected chi connectivity index (χ1v) is 6.18. The summed E-state index contributed by atoms with van der Waals surface area (Å²) < 4.78 is 0. The average molecular weight is 210 g/mol. The van der Waals surface area contributed by atoms with Gasteiger partial charge in [-0.2, -0.15) is 0 Å². The van der Waals surface area contributed by atoms with Crippen molar-refractivity contribution in [3.05, 3.63) is 0 Å². The Morgan fingerprint density at radius 1 is 1.40 bits per heavy atom. The van der Waals surface area contributed by atoms with Crippen LogP contribution in [0.15, 0.2) is 0 Å². The number of fused-ring (bicyclic) bond motifs is 2. The second-order valence-corrected chi connectivity index (χ2v) is 6.48.